The summed E-state index contributed by atoms with van der Waals surface area (Å²) in [6.45, 7) is 12.0. The van der Waals surface area contributed by atoms with Crippen LogP contribution in [0.2, 0.25) is 0 Å². The second-order valence-electron chi connectivity index (χ2n) is 9.46. The van der Waals surface area contributed by atoms with Crippen molar-refractivity contribution in [1.82, 2.24) is 24.7 Å². The number of hydrogen-bond acceptors (Lipinski definition) is 4. The number of nitrogens with one attached hydrogen (secondary N) is 1. The molecular weight excluding hydrogens is 454 g/mol. The Morgan fingerprint density at radius 3 is 2.51 bits per heavy atom. The van der Waals surface area contributed by atoms with Crippen molar-refractivity contribution in [2.24, 2.45) is 0 Å². The van der Waals surface area contributed by atoms with Crippen molar-refractivity contribution >= 4 is 17.3 Å². The van der Waals surface area contributed by atoms with Gasteiger partial charge in [0.25, 0.3) is 0 Å². The van der Waals surface area contributed by atoms with Gasteiger partial charge in [0, 0.05) is 49.5 Å². The van der Waals surface area contributed by atoms with E-state index in [1.807, 2.05) is 12.3 Å². The lowest BCUT2D eigenvalue weighted by Crippen LogP contribution is -2.42. The highest BCUT2D eigenvalue weighted by Crippen LogP contribution is 2.41. The molecule has 0 spiro atoms. The Hall–Kier alpha value is -2.74. The van der Waals surface area contributed by atoms with E-state index in [-0.39, 0.29) is 12.1 Å². The first-order chi connectivity index (χ1) is 17.1. The largest absolute Gasteiger partial charge is 0.379 e. The van der Waals surface area contributed by atoms with E-state index < -0.39 is 0 Å². The van der Waals surface area contributed by atoms with Crippen molar-refractivity contribution in [2.45, 2.75) is 39.3 Å². The predicted molar refractivity (Wildman–Crippen MR) is 144 cm³/mol. The van der Waals surface area contributed by atoms with Crippen LogP contribution < -0.4 is 5.32 Å². The fourth-order valence-electron chi connectivity index (χ4n) is 5.42. The van der Waals surface area contributed by atoms with Crippen molar-refractivity contribution < 1.29 is 4.74 Å². The van der Waals surface area contributed by atoms with Gasteiger partial charge in [0.1, 0.15) is 0 Å². The predicted octanol–water partition coefficient (Wildman–Crippen LogP) is 4.36. The SMILES string of the molecule is CCc1ccc(-n2c(C)cc([C@@H]3[C@H](c4ccccn4)NC(=S)N3CCN3CCOCC3)c2C)cc1. The third-order valence-electron chi connectivity index (χ3n) is 7.35. The molecule has 4 heterocycles. The number of rotatable bonds is 7. The van der Waals surface area contributed by atoms with Crippen LogP contribution in [0.25, 0.3) is 5.69 Å². The summed E-state index contributed by atoms with van der Waals surface area (Å²) in [5.41, 5.74) is 7.35. The molecule has 0 amide bonds. The molecule has 2 fully saturated rings. The third-order valence-corrected chi connectivity index (χ3v) is 7.70. The number of aryl methyl sites for hydroxylation is 2. The molecule has 0 saturated carbocycles. The van der Waals surface area contributed by atoms with Gasteiger partial charge in [-0.2, -0.15) is 0 Å². The summed E-state index contributed by atoms with van der Waals surface area (Å²) in [5.74, 6) is 0. The first-order valence-electron chi connectivity index (χ1n) is 12.6. The number of morpholine rings is 1. The maximum absolute atomic E-state index is 5.90. The normalized spacial score (nSPS) is 20.9. The van der Waals surface area contributed by atoms with Crippen LogP contribution in [-0.2, 0) is 11.2 Å². The molecule has 35 heavy (non-hydrogen) atoms. The number of hydrogen-bond donors (Lipinski definition) is 1. The second-order valence-corrected chi connectivity index (χ2v) is 9.84. The summed E-state index contributed by atoms with van der Waals surface area (Å²) in [5, 5.41) is 4.41. The Morgan fingerprint density at radius 2 is 1.83 bits per heavy atom. The summed E-state index contributed by atoms with van der Waals surface area (Å²) in [6.07, 6.45) is 2.91. The van der Waals surface area contributed by atoms with E-state index in [4.69, 9.17) is 21.9 Å². The molecule has 2 aliphatic rings. The molecule has 2 saturated heterocycles. The lowest BCUT2D eigenvalue weighted by molar-refractivity contribution is 0.0350. The van der Waals surface area contributed by atoms with Crippen LogP contribution in [0.1, 0.15) is 47.2 Å². The van der Waals surface area contributed by atoms with E-state index in [1.165, 1.54) is 28.2 Å². The minimum atomic E-state index is 0.00445. The fourth-order valence-corrected chi connectivity index (χ4v) is 5.76. The summed E-state index contributed by atoms with van der Waals surface area (Å²) in [7, 11) is 0. The molecule has 184 valence electrons. The highest BCUT2D eigenvalue weighted by atomic mass is 32.1. The molecule has 2 aliphatic heterocycles. The van der Waals surface area contributed by atoms with Crippen molar-refractivity contribution in [2.75, 3.05) is 39.4 Å². The summed E-state index contributed by atoms with van der Waals surface area (Å²) >= 11 is 5.90. The van der Waals surface area contributed by atoms with Gasteiger partial charge in [-0.3, -0.25) is 9.88 Å². The number of nitrogens with zero attached hydrogens (tertiary/aromatic N) is 4. The molecule has 5 rings (SSSR count). The maximum atomic E-state index is 5.90. The van der Waals surface area contributed by atoms with Crippen LogP contribution in [0.3, 0.4) is 0 Å². The van der Waals surface area contributed by atoms with Gasteiger partial charge in [0.15, 0.2) is 5.11 Å². The minimum absolute atomic E-state index is 0.00445. The Balaban J connectivity index is 1.51. The Morgan fingerprint density at radius 1 is 1.06 bits per heavy atom. The molecule has 3 aromatic rings. The number of benzene rings is 1. The van der Waals surface area contributed by atoms with Gasteiger partial charge in [-0.1, -0.05) is 25.1 Å². The van der Waals surface area contributed by atoms with Gasteiger partial charge in [0.05, 0.1) is 31.0 Å². The van der Waals surface area contributed by atoms with E-state index >= 15 is 0 Å². The Labute approximate surface area is 213 Å². The molecule has 1 N–H and O–H groups in total. The van der Waals surface area contributed by atoms with Crippen LogP contribution >= 0.6 is 12.2 Å². The number of pyridine rings is 1. The molecule has 0 radical (unpaired) electrons. The van der Waals surface area contributed by atoms with Crippen molar-refractivity contribution in [3.63, 3.8) is 0 Å². The number of aromatic nitrogens is 2. The second kappa shape index (κ2) is 10.5. The van der Waals surface area contributed by atoms with E-state index in [9.17, 15) is 0 Å². The van der Waals surface area contributed by atoms with Crippen LogP contribution in [0.15, 0.2) is 54.7 Å². The lowest BCUT2D eigenvalue weighted by Gasteiger charge is -2.32. The van der Waals surface area contributed by atoms with E-state index in [0.29, 0.717) is 0 Å². The van der Waals surface area contributed by atoms with E-state index in [2.05, 4.69) is 82.9 Å². The summed E-state index contributed by atoms with van der Waals surface area (Å²) in [4.78, 5) is 9.55. The first-order valence-corrected chi connectivity index (χ1v) is 13.0. The minimum Gasteiger partial charge on any atom is -0.379 e. The number of ether oxygens (including phenoxy) is 1. The van der Waals surface area contributed by atoms with Crippen molar-refractivity contribution in [3.05, 3.63) is 82.9 Å². The first kappa shape index (κ1) is 24.0. The molecule has 0 aliphatic carbocycles. The van der Waals surface area contributed by atoms with Crippen molar-refractivity contribution in [1.29, 1.82) is 0 Å². The van der Waals surface area contributed by atoms with Crippen molar-refractivity contribution in [3.8, 4) is 5.69 Å². The molecular formula is C28H35N5OS. The van der Waals surface area contributed by atoms with Gasteiger partial charge >= 0.3 is 0 Å². The standard InChI is InChI=1S/C28H35N5OS/c1-4-22-8-10-23(11-9-22)33-20(2)19-24(21(33)3)27-26(25-7-5-6-12-29-25)30-28(35)32(27)14-13-31-15-17-34-18-16-31/h5-12,19,26-27H,4,13-18H2,1-3H3,(H,30,35)/t26-,27+/m0/s1. The van der Waals surface area contributed by atoms with Gasteiger partial charge in [-0.15, -0.1) is 0 Å². The molecule has 2 aromatic heterocycles. The van der Waals surface area contributed by atoms with Crippen LogP contribution in [0.5, 0.6) is 0 Å². The van der Waals surface area contributed by atoms with E-state index in [0.717, 1.165) is 56.6 Å². The Bertz CT molecular complexity index is 1150. The summed E-state index contributed by atoms with van der Waals surface area (Å²) in [6, 6.07) is 17.4. The monoisotopic (exact) mass is 489 g/mol. The molecule has 7 heteroatoms. The zero-order valence-electron chi connectivity index (χ0n) is 20.9. The zero-order chi connectivity index (χ0) is 24.4. The average molecular weight is 490 g/mol. The molecule has 1 aromatic carbocycles. The average Bonchev–Trinajstić information content (AvgIpc) is 3.38. The highest BCUT2D eigenvalue weighted by Gasteiger charge is 2.41. The van der Waals surface area contributed by atoms with Gasteiger partial charge in [-0.05, 0) is 73.9 Å². The van der Waals surface area contributed by atoms with Gasteiger partial charge in [-0.25, -0.2) is 0 Å². The Kier molecular flexibility index (Phi) is 7.18. The smallest absolute Gasteiger partial charge is 0.170 e. The number of thiocarbonyl (C=S) groups is 1. The van der Waals surface area contributed by atoms with Gasteiger partial charge < -0.3 is 19.5 Å². The molecule has 0 bridgehead atoms. The topological polar surface area (TPSA) is 45.6 Å². The summed E-state index contributed by atoms with van der Waals surface area (Å²) < 4.78 is 7.91. The zero-order valence-corrected chi connectivity index (χ0v) is 21.7. The van der Waals surface area contributed by atoms with Crippen LogP contribution in [-0.4, -0.2) is 63.9 Å². The lowest BCUT2D eigenvalue weighted by atomic mass is 9.96. The van der Waals surface area contributed by atoms with Crippen LogP contribution in [0, 0.1) is 13.8 Å². The molecule has 0 unspecified atom stereocenters. The molecule has 6 nitrogen and oxygen atoms in total. The fraction of sp³-hybridized carbons (Fsp3) is 0.429. The quantitative estimate of drug-likeness (QED) is 0.498. The van der Waals surface area contributed by atoms with Crippen LogP contribution in [0.4, 0.5) is 0 Å². The van der Waals surface area contributed by atoms with Gasteiger partial charge in [0.2, 0.25) is 0 Å². The van der Waals surface area contributed by atoms with E-state index in [1.54, 1.807) is 0 Å². The highest BCUT2D eigenvalue weighted by molar-refractivity contribution is 7.80. The maximum Gasteiger partial charge on any atom is 0.170 e. The third kappa shape index (κ3) is 4.85. The molecule has 2 atom stereocenters.